The summed E-state index contributed by atoms with van der Waals surface area (Å²) in [5.74, 6) is -0.394. The Morgan fingerprint density at radius 3 is 2.83 bits per heavy atom. The van der Waals surface area contributed by atoms with Crippen LogP contribution in [-0.4, -0.2) is 32.8 Å². The molecule has 1 saturated heterocycles. The molecule has 18 heavy (non-hydrogen) atoms. The molecule has 1 aromatic rings. The van der Waals surface area contributed by atoms with Crippen molar-refractivity contribution in [2.24, 2.45) is 5.41 Å². The molecule has 0 bridgehead atoms. The number of nitriles is 1. The summed E-state index contributed by atoms with van der Waals surface area (Å²) in [6, 6.07) is 9.31. The van der Waals surface area contributed by atoms with E-state index in [1.54, 1.807) is 18.2 Å². The van der Waals surface area contributed by atoms with Gasteiger partial charge in [-0.15, -0.1) is 0 Å². The number of hydrogen-bond acceptors (Lipinski definition) is 5. The Morgan fingerprint density at radius 2 is 2.28 bits per heavy atom. The molecule has 1 aromatic carbocycles. The highest BCUT2D eigenvalue weighted by atomic mass is 16.5. The van der Waals surface area contributed by atoms with Crippen molar-refractivity contribution in [1.82, 2.24) is 0 Å². The molecule has 2 rings (SSSR count). The van der Waals surface area contributed by atoms with Crippen molar-refractivity contribution in [3.63, 3.8) is 0 Å². The fourth-order valence-corrected chi connectivity index (χ4v) is 1.74. The fraction of sp³-hybridized carbons (Fsp3) is 0.385. The van der Waals surface area contributed by atoms with Crippen LogP contribution in [0.5, 0.6) is 0 Å². The Labute approximate surface area is 105 Å². The lowest BCUT2D eigenvalue weighted by Crippen LogP contribution is -2.46. The van der Waals surface area contributed by atoms with Crippen molar-refractivity contribution < 1.29 is 14.3 Å². The maximum atomic E-state index is 11.6. The first kappa shape index (κ1) is 12.4. The van der Waals surface area contributed by atoms with Gasteiger partial charge in [0, 0.05) is 12.2 Å². The summed E-state index contributed by atoms with van der Waals surface area (Å²) in [5.41, 5.74) is 0.655. The fourth-order valence-electron chi connectivity index (χ4n) is 1.74. The summed E-state index contributed by atoms with van der Waals surface area (Å²) in [7, 11) is 1.34. The van der Waals surface area contributed by atoms with Gasteiger partial charge in [-0.3, -0.25) is 0 Å². The van der Waals surface area contributed by atoms with E-state index in [4.69, 9.17) is 14.7 Å². The summed E-state index contributed by atoms with van der Waals surface area (Å²) in [6.07, 6.45) is 0. The second-order valence-corrected chi connectivity index (χ2v) is 4.28. The number of para-hydroxylation sites is 1. The molecule has 94 valence electrons. The maximum Gasteiger partial charge on any atom is 0.339 e. The molecule has 0 spiro atoms. The Bertz CT molecular complexity index is 489. The van der Waals surface area contributed by atoms with E-state index in [-0.39, 0.29) is 0 Å². The molecule has 0 amide bonds. The van der Waals surface area contributed by atoms with Crippen molar-refractivity contribution in [3.8, 4) is 6.07 Å². The maximum absolute atomic E-state index is 11.6. The van der Waals surface area contributed by atoms with Gasteiger partial charge in [-0.1, -0.05) is 12.1 Å². The smallest absolute Gasteiger partial charge is 0.339 e. The van der Waals surface area contributed by atoms with E-state index < -0.39 is 11.4 Å². The molecule has 5 nitrogen and oxygen atoms in total. The van der Waals surface area contributed by atoms with Crippen LogP contribution in [0, 0.1) is 16.7 Å². The topological polar surface area (TPSA) is 71.3 Å². The number of methoxy groups -OCH3 is 1. The van der Waals surface area contributed by atoms with Gasteiger partial charge in [0.1, 0.15) is 5.41 Å². The minimum absolute atomic E-state index is 0.394. The monoisotopic (exact) mass is 246 g/mol. The molecular formula is C13H14N2O3. The standard InChI is InChI=1S/C13H14N2O3/c1-17-12(16)10-4-2-3-5-11(10)15-7-13(6-14)8-18-9-13/h2-5,15H,7-9H2,1H3. The van der Waals surface area contributed by atoms with Crippen molar-refractivity contribution in [2.45, 2.75) is 0 Å². The van der Waals surface area contributed by atoms with Crippen molar-refractivity contribution in [1.29, 1.82) is 5.26 Å². The van der Waals surface area contributed by atoms with Gasteiger partial charge in [-0.2, -0.15) is 5.26 Å². The van der Waals surface area contributed by atoms with Gasteiger partial charge < -0.3 is 14.8 Å². The van der Waals surface area contributed by atoms with E-state index in [0.717, 1.165) is 0 Å². The molecule has 1 aliphatic rings. The van der Waals surface area contributed by atoms with Crippen LogP contribution < -0.4 is 5.32 Å². The number of rotatable bonds is 4. The molecule has 1 fully saturated rings. The lowest BCUT2D eigenvalue weighted by molar-refractivity contribution is -0.0690. The van der Waals surface area contributed by atoms with E-state index in [1.807, 2.05) is 6.07 Å². The first-order chi connectivity index (χ1) is 8.71. The number of carbonyl (C=O) groups excluding carboxylic acids is 1. The third kappa shape index (κ3) is 2.29. The Kier molecular flexibility index (Phi) is 3.49. The third-order valence-corrected chi connectivity index (χ3v) is 2.94. The highest BCUT2D eigenvalue weighted by Crippen LogP contribution is 2.27. The van der Waals surface area contributed by atoms with Gasteiger partial charge in [0.25, 0.3) is 0 Å². The van der Waals surface area contributed by atoms with E-state index in [0.29, 0.717) is 31.0 Å². The molecule has 0 saturated carbocycles. The average Bonchev–Trinajstić information content (AvgIpc) is 2.37. The molecule has 1 N–H and O–H groups in total. The van der Waals surface area contributed by atoms with E-state index in [9.17, 15) is 4.79 Å². The second-order valence-electron chi connectivity index (χ2n) is 4.28. The predicted molar refractivity (Wildman–Crippen MR) is 65.1 cm³/mol. The normalized spacial score (nSPS) is 16.2. The number of anilines is 1. The van der Waals surface area contributed by atoms with Crippen LogP contribution in [0.15, 0.2) is 24.3 Å². The number of hydrogen-bond donors (Lipinski definition) is 1. The van der Waals surface area contributed by atoms with Crippen LogP contribution in [-0.2, 0) is 9.47 Å². The van der Waals surface area contributed by atoms with Crippen LogP contribution in [0.25, 0.3) is 0 Å². The van der Waals surface area contributed by atoms with Gasteiger partial charge in [-0.25, -0.2) is 4.79 Å². The summed E-state index contributed by atoms with van der Waals surface area (Å²) >= 11 is 0. The van der Waals surface area contributed by atoms with Gasteiger partial charge in [0.2, 0.25) is 0 Å². The van der Waals surface area contributed by atoms with Crippen molar-refractivity contribution in [3.05, 3.63) is 29.8 Å². The van der Waals surface area contributed by atoms with Gasteiger partial charge >= 0.3 is 5.97 Å². The van der Waals surface area contributed by atoms with Crippen molar-refractivity contribution in [2.75, 3.05) is 32.2 Å². The summed E-state index contributed by atoms with van der Waals surface area (Å²) < 4.78 is 9.77. The van der Waals surface area contributed by atoms with Crippen LogP contribution in [0.1, 0.15) is 10.4 Å². The Morgan fingerprint density at radius 1 is 1.56 bits per heavy atom. The lowest BCUT2D eigenvalue weighted by Gasteiger charge is -2.35. The number of carbonyl (C=O) groups is 1. The summed E-state index contributed by atoms with van der Waals surface area (Å²) in [4.78, 5) is 11.6. The number of ether oxygens (including phenoxy) is 2. The van der Waals surface area contributed by atoms with Gasteiger partial charge in [0.05, 0.1) is 32.0 Å². The third-order valence-electron chi connectivity index (χ3n) is 2.94. The first-order valence-corrected chi connectivity index (χ1v) is 5.61. The van der Waals surface area contributed by atoms with Crippen LogP contribution >= 0.6 is 0 Å². The molecule has 1 aliphatic heterocycles. The molecule has 0 atom stereocenters. The quantitative estimate of drug-likeness (QED) is 0.813. The zero-order valence-electron chi connectivity index (χ0n) is 10.1. The average molecular weight is 246 g/mol. The minimum atomic E-state index is -0.483. The van der Waals surface area contributed by atoms with E-state index in [1.165, 1.54) is 7.11 Å². The number of esters is 1. The zero-order chi connectivity index (χ0) is 13.0. The minimum Gasteiger partial charge on any atom is -0.465 e. The lowest BCUT2D eigenvalue weighted by atomic mass is 9.88. The van der Waals surface area contributed by atoms with Crippen LogP contribution in [0.3, 0.4) is 0 Å². The number of benzene rings is 1. The zero-order valence-corrected chi connectivity index (χ0v) is 10.1. The van der Waals surface area contributed by atoms with Crippen LogP contribution in [0.2, 0.25) is 0 Å². The molecular weight excluding hydrogens is 232 g/mol. The summed E-state index contributed by atoms with van der Waals surface area (Å²) in [5, 5.41) is 12.2. The number of nitrogens with zero attached hydrogens (tertiary/aromatic N) is 1. The predicted octanol–water partition coefficient (Wildman–Crippen LogP) is 1.43. The highest BCUT2D eigenvalue weighted by Gasteiger charge is 2.38. The van der Waals surface area contributed by atoms with E-state index >= 15 is 0 Å². The molecule has 0 unspecified atom stereocenters. The SMILES string of the molecule is COC(=O)c1ccccc1NCC1(C#N)COC1. The summed E-state index contributed by atoms with van der Waals surface area (Å²) in [6.45, 7) is 1.31. The largest absolute Gasteiger partial charge is 0.465 e. The Balaban J connectivity index is 2.10. The molecule has 0 aromatic heterocycles. The van der Waals surface area contributed by atoms with E-state index in [2.05, 4.69) is 11.4 Å². The van der Waals surface area contributed by atoms with Crippen molar-refractivity contribution >= 4 is 11.7 Å². The molecule has 0 aliphatic carbocycles. The highest BCUT2D eigenvalue weighted by molar-refractivity contribution is 5.95. The Hall–Kier alpha value is -2.06. The van der Waals surface area contributed by atoms with Gasteiger partial charge in [-0.05, 0) is 12.1 Å². The van der Waals surface area contributed by atoms with Gasteiger partial charge in [0.15, 0.2) is 0 Å². The molecule has 5 heteroatoms. The second kappa shape index (κ2) is 5.07. The number of nitrogens with one attached hydrogen (secondary N) is 1. The van der Waals surface area contributed by atoms with Crippen LogP contribution in [0.4, 0.5) is 5.69 Å². The first-order valence-electron chi connectivity index (χ1n) is 5.61. The molecule has 0 radical (unpaired) electrons. The molecule has 1 heterocycles.